The lowest BCUT2D eigenvalue weighted by Crippen LogP contribution is -2.10. The Hall–Kier alpha value is -1.72. The Morgan fingerprint density at radius 3 is 2.67 bits per heavy atom. The van der Waals surface area contributed by atoms with E-state index in [4.69, 9.17) is 16.9 Å². The standard InChI is InChI=1S/C9H8ClN3O4S/c10-4-1-5-18(16,17)9-3-2-8(13(14)15)7(6-11)12-9/h2-3H,1,4-5H2. The average molecular weight is 290 g/mol. The lowest BCUT2D eigenvalue weighted by molar-refractivity contribution is -0.385. The highest BCUT2D eigenvalue weighted by Gasteiger charge is 2.21. The normalized spacial score (nSPS) is 10.9. The Bertz CT molecular complexity index is 609. The number of sulfone groups is 1. The highest BCUT2D eigenvalue weighted by molar-refractivity contribution is 7.91. The quantitative estimate of drug-likeness (QED) is 0.458. The number of hydrogen-bond donors (Lipinski definition) is 0. The highest BCUT2D eigenvalue weighted by atomic mass is 35.5. The topological polar surface area (TPSA) is 114 Å². The monoisotopic (exact) mass is 289 g/mol. The van der Waals surface area contributed by atoms with Crippen molar-refractivity contribution < 1.29 is 13.3 Å². The minimum Gasteiger partial charge on any atom is -0.258 e. The summed E-state index contributed by atoms with van der Waals surface area (Å²) in [4.78, 5) is 13.3. The van der Waals surface area contributed by atoms with Crippen LogP contribution in [0.4, 0.5) is 5.69 Å². The summed E-state index contributed by atoms with van der Waals surface area (Å²) >= 11 is 5.39. The molecule has 0 aliphatic rings. The smallest absolute Gasteiger partial charge is 0.258 e. The van der Waals surface area contributed by atoms with Gasteiger partial charge in [0.05, 0.1) is 10.7 Å². The largest absolute Gasteiger partial charge is 0.305 e. The molecule has 0 aromatic carbocycles. The van der Waals surface area contributed by atoms with E-state index >= 15 is 0 Å². The van der Waals surface area contributed by atoms with Gasteiger partial charge in [0.1, 0.15) is 6.07 Å². The number of rotatable bonds is 5. The van der Waals surface area contributed by atoms with Crippen molar-refractivity contribution >= 4 is 27.1 Å². The predicted molar refractivity (Wildman–Crippen MR) is 63.0 cm³/mol. The number of nitriles is 1. The Labute approximate surface area is 108 Å². The Balaban J connectivity index is 3.22. The zero-order valence-corrected chi connectivity index (χ0v) is 10.6. The molecule has 18 heavy (non-hydrogen) atoms. The van der Waals surface area contributed by atoms with Gasteiger partial charge in [0, 0.05) is 11.9 Å². The molecule has 1 rings (SSSR count). The Morgan fingerprint density at radius 1 is 1.50 bits per heavy atom. The molecule has 0 bridgehead atoms. The summed E-state index contributed by atoms with van der Waals surface area (Å²) in [7, 11) is -3.67. The summed E-state index contributed by atoms with van der Waals surface area (Å²) in [6, 6.07) is 3.48. The van der Waals surface area contributed by atoms with Crippen LogP contribution in [-0.2, 0) is 9.84 Å². The van der Waals surface area contributed by atoms with Crippen molar-refractivity contribution in [1.82, 2.24) is 4.98 Å². The molecule has 96 valence electrons. The van der Waals surface area contributed by atoms with Crippen molar-refractivity contribution in [3.05, 3.63) is 27.9 Å². The van der Waals surface area contributed by atoms with Crippen LogP contribution in [0.3, 0.4) is 0 Å². The van der Waals surface area contributed by atoms with E-state index in [0.717, 1.165) is 12.1 Å². The van der Waals surface area contributed by atoms with Crippen LogP contribution in [0.25, 0.3) is 0 Å². The van der Waals surface area contributed by atoms with E-state index < -0.39 is 26.1 Å². The second kappa shape index (κ2) is 5.75. The first-order valence-corrected chi connectivity index (χ1v) is 6.95. The molecule has 0 unspecified atom stereocenters. The number of aromatic nitrogens is 1. The first-order chi connectivity index (χ1) is 8.42. The van der Waals surface area contributed by atoms with Gasteiger partial charge in [0.25, 0.3) is 0 Å². The molecule has 1 heterocycles. The van der Waals surface area contributed by atoms with Gasteiger partial charge in [-0.05, 0) is 12.5 Å². The van der Waals surface area contributed by atoms with Gasteiger partial charge in [-0.2, -0.15) is 5.26 Å². The van der Waals surface area contributed by atoms with Crippen molar-refractivity contribution in [3.8, 4) is 6.07 Å². The molecule has 0 N–H and O–H groups in total. The van der Waals surface area contributed by atoms with Crippen molar-refractivity contribution in [1.29, 1.82) is 5.26 Å². The number of halogens is 1. The first kappa shape index (κ1) is 14.3. The van der Waals surface area contributed by atoms with E-state index in [1.165, 1.54) is 6.07 Å². The molecule has 0 fully saturated rings. The van der Waals surface area contributed by atoms with E-state index in [1.807, 2.05) is 0 Å². The third-order valence-corrected chi connectivity index (χ3v) is 3.97. The zero-order chi connectivity index (χ0) is 13.8. The van der Waals surface area contributed by atoms with Gasteiger partial charge in [-0.1, -0.05) is 0 Å². The molecule has 1 aromatic rings. The van der Waals surface area contributed by atoms with Crippen LogP contribution in [0, 0.1) is 21.4 Å². The zero-order valence-electron chi connectivity index (χ0n) is 9.04. The fraction of sp³-hybridized carbons (Fsp3) is 0.333. The number of alkyl halides is 1. The minimum absolute atomic E-state index is 0.178. The number of pyridine rings is 1. The van der Waals surface area contributed by atoms with Crippen LogP contribution in [0.1, 0.15) is 12.1 Å². The molecule has 0 saturated carbocycles. The van der Waals surface area contributed by atoms with Crippen LogP contribution in [0.5, 0.6) is 0 Å². The Kier molecular flexibility index (Phi) is 4.58. The molecule has 9 heteroatoms. The molecule has 0 saturated heterocycles. The van der Waals surface area contributed by atoms with Gasteiger partial charge in [-0.15, -0.1) is 11.6 Å². The van der Waals surface area contributed by atoms with E-state index in [0.29, 0.717) is 0 Å². The van der Waals surface area contributed by atoms with Crippen molar-refractivity contribution in [2.24, 2.45) is 0 Å². The molecule has 0 radical (unpaired) electrons. The first-order valence-electron chi connectivity index (χ1n) is 4.76. The maximum absolute atomic E-state index is 11.7. The van der Waals surface area contributed by atoms with E-state index in [2.05, 4.69) is 4.98 Å². The molecule has 0 aliphatic carbocycles. The molecule has 0 amide bonds. The maximum atomic E-state index is 11.7. The molecule has 7 nitrogen and oxygen atoms in total. The van der Waals surface area contributed by atoms with E-state index in [-0.39, 0.29) is 23.1 Å². The molecule has 0 spiro atoms. The molecule has 1 aromatic heterocycles. The van der Waals surface area contributed by atoms with Crippen LogP contribution in [0.2, 0.25) is 0 Å². The van der Waals surface area contributed by atoms with Crippen molar-refractivity contribution in [2.45, 2.75) is 11.4 Å². The summed E-state index contributed by atoms with van der Waals surface area (Å²) in [5.41, 5.74) is -1.04. The molecule has 0 atom stereocenters. The summed E-state index contributed by atoms with van der Waals surface area (Å²) < 4.78 is 23.5. The van der Waals surface area contributed by atoms with Gasteiger partial charge >= 0.3 is 5.69 Å². The minimum atomic E-state index is -3.67. The fourth-order valence-corrected chi connectivity index (χ4v) is 2.72. The second-order valence-corrected chi connectivity index (χ2v) is 5.68. The third kappa shape index (κ3) is 3.15. The third-order valence-electron chi connectivity index (χ3n) is 2.02. The molecular weight excluding hydrogens is 282 g/mol. The van der Waals surface area contributed by atoms with Gasteiger partial charge in [0.2, 0.25) is 5.69 Å². The summed E-state index contributed by atoms with van der Waals surface area (Å²) in [6.45, 7) is 0. The van der Waals surface area contributed by atoms with Gasteiger partial charge in [-0.3, -0.25) is 10.1 Å². The predicted octanol–water partition coefficient (Wildman–Crippen LogP) is 1.26. The summed E-state index contributed by atoms with van der Waals surface area (Å²) in [5.74, 6) is -0.0382. The van der Waals surface area contributed by atoms with Gasteiger partial charge in [-0.25, -0.2) is 13.4 Å². The summed E-state index contributed by atoms with van der Waals surface area (Å²) in [6.07, 6.45) is 0.241. The number of nitro groups is 1. The second-order valence-electron chi connectivity index (χ2n) is 3.25. The molecule has 0 aliphatic heterocycles. The van der Waals surface area contributed by atoms with E-state index in [9.17, 15) is 18.5 Å². The lowest BCUT2D eigenvalue weighted by atomic mass is 10.3. The average Bonchev–Trinajstić information content (AvgIpc) is 2.35. The van der Waals surface area contributed by atoms with Crippen molar-refractivity contribution in [3.63, 3.8) is 0 Å². The van der Waals surface area contributed by atoms with Crippen LogP contribution < -0.4 is 0 Å². The Morgan fingerprint density at radius 2 is 2.17 bits per heavy atom. The SMILES string of the molecule is N#Cc1nc(S(=O)(=O)CCCCl)ccc1[N+](=O)[O-]. The number of nitrogens with zero attached hydrogens (tertiary/aromatic N) is 3. The fourth-order valence-electron chi connectivity index (χ4n) is 1.19. The van der Waals surface area contributed by atoms with Crippen molar-refractivity contribution in [2.75, 3.05) is 11.6 Å². The van der Waals surface area contributed by atoms with E-state index in [1.54, 1.807) is 0 Å². The lowest BCUT2D eigenvalue weighted by Gasteiger charge is -2.02. The van der Waals surface area contributed by atoms with Crippen LogP contribution >= 0.6 is 11.6 Å². The van der Waals surface area contributed by atoms with Gasteiger partial charge < -0.3 is 0 Å². The van der Waals surface area contributed by atoms with Crippen LogP contribution in [-0.4, -0.2) is 30.0 Å². The summed E-state index contributed by atoms with van der Waals surface area (Å²) in [5, 5.41) is 18.9. The molecular formula is C9H8ClN3O4S. The number of hydrogen-bond acceptors (Lipinski definition) is 6. The van der Waals surface area contributed by atoms with Gasteiger partial charge in [0.15, 0.2) is 14.9 Å². The maximum Gasteiger partial charge on any atom is 0.305 e. The highest BCUT2D eigenvalue weighted by Crippen LogP contribution is 2.19. The van der Waals surface area contributed by atoms with Crippen LogP contribution in [0.15, 0.2) is 17.2 Å².